The van der Waals surface area contributed by atoms with Crippen LogP contribution >= 0.6 is 0 Å². The van der Waals surface area contributed by atoms with Gasteiger partial charge in [0.15, 0.2) is 0 Å². The highest BCUT2D eigenvalue weighted by molar-refractivity contribution is 5.91. The Morgan fingerprint density at radius 2 is 1.50 bits per heavy atom. The Hall–Kier alpha value is -2.20. The summed E-state index contributed by atoms with van der Waals surface area (Å²) in [5.74, 6) is -4.47. The molecule has 0 saturated carbocycles. The quantitative estimate of drug-likeness (QED) is 0.274. The van der Waals surface area contributed by atoms with Crippen molar-refractivity contribution in [3.05, 3.63) is 0 Å². The van der Waals surface area contributed by atoms with Gasteiger partial charge in [0.1, 0.15) is 12.6 Å². The maximum atomic E-state index is 11.9. The van der Waals surface area contributed by atoms with Gasteiger partial charge >= 0.3 is 17.9 Å². The van der Waals surface area contributed by atoms with Crippen LogP contribution in [0.5, 0.6) is 0 Å². The molecule has 138 valence electrons. The number of nitrogens with one attached hydrogen (secondary N) is 1. The zero-order chi connectivity index (χ0) is 18.5. The second-order valence-corrected chi connectivity index (χ2v) is 4.52. The predicted molar refractivity (Wildman–Crippen MR) is 78.8 cm³/mol. The lowest BCUT2D eigenvalue weighted by Crippen LogP contribution is -2.51. The number of rotatable bonds is 11. The summed E-state index contributed by atoms with van der Waals surface area (Å²) in [6.45, 7) is 0.110. The van der Waals surface area contributed by atoms with Gasteiger partial charge in [-0.1, -0.05) is 0 Å². The van der Waals surface area contributed by atoms with E-state index in [0.717, 1.165) is 21.3 Å². The molecule has 0 aliphatic rings. The number of carbonyl (C=O) groups is 4. The van der Waals surface area contributed by atoms with Crippen LogP contribution in [0.15, 0.2) is 0 Å². The number of esters is 3. The summed E-state index contributed by atoms with van der Waals surface area (Å²) in [6.07, 6.45) is -0.465. The van der Waals surface area contributed by atoms with Crippen LogP contribution in [0, 0.1) is 5.92 Å². The lowest BCUT2D eigenvalue weighted by Gasteiger charge is -2.23. The Kier molecular flexibility index (Phi) is 11.1. The summed E-state index contributed by atoms with van der Waals surface area (Å²) < 4.78 is 23.4. The van der Waals surface area contributed by atoms with E-state index in [0.29, 0.717) is 6.61 Å². The molecule has 0 unspecified atom stereocenters. The maximum absolute atomic E-state index is 11.9. The number of hydrogen-bond donors (Lipinski definition) is 1. The minimum atomic E-state index is -1.42. The molecule has 0 aliphatic carbocycles. The van der Waals surface area contributed by atoms with Crippen LogP contribution in [0.3, 0.4) is 0 Å². The number of ether oxygens (including phenoxy) is 5. The molecule has 10 heteroatoms. The highest BCUT2D eigenvalue weighted by Gasteiger charge is 2.38. The Morgan fingerprint density at radius 1 is 0.875 bits per heavy atom. The van der Waals surface area contributed by atoms with Gasteiger partial charge in [-0.05, 0) is 0 Å². The second-order valence-electron chi connectivity index (χ2n) is 4.52. The van der Waals surface area contributed by atoms with E-state index in [1.807, 2.05) is 0 Å². The molecule has 0 aromatic rings. The van der Waals surface area contributed by atoms with Gasteiger partial charge in [0.05, 0.1) is 46.9 Å². The molecule has 0 spiro atoms. The standard InChI is InChI=1S/C14H23NO9/c1-20-5-6-24-8-10(16)15-12(14(19)23-4)9(13(18)22-3)7-11(17)21-2/h9,12H,5-8H2,1-4H3,(H,15,16)/t9-,12-/m1/s1. The van der Waals surface area contributed by atoms with Crippen LogP contribution in [0.4, 0.5) is 0 Å². The zero-order valence-corrected chi connectivity index (χ0v) is 14.2. The van der Waals surface area contributed by atoms with Gasteiger partial charge in [-0.25, -0.2) is 4.79 Å². The van der Waals surface area contributed by atoms with E-state index >= 15 is 0 Å². The molecule has 0 aliphatic heterocycles. The van der Waals surface area contributed by atoms with Crippen LogP contribution in [0.1, 0.15) is 6.42 Å². The Bertz CT molecular complexity index is 438. The minimum Gasteiger partial charge on any atom is -0.469 e. The van der Waals surface area contributed by atoms with Gasteiger partial charge in [0.25, 0.3) is 0 Å². The maximum Gasteiger partial charge on any atom is 0.329 e. The highest BCUT2D eigenvalue weighted by Crippen LogP contribution is 2.14. The first-order chi connectivity index (χ1) is 11.4. The molecule has 1 N–H and O–H groups in total. The highest BCUT2D eigenvalue weighted by atomic mass is 16.5. The van der Waals surface area contributed by atoms with E-state index in [2.05, 4.69) is 19.5 Å². The van der Waals surface area contributed by atoms with E-state index in [4.69, 9.17) is 9.47 Å². The summed E-state index contributed by atoms with van der Waals surface area (Å²) in [6, 6.07) is -1.42. The Balaban J connectivity index is 5.03. The van der Waals surface area contributed by atoms with Crippen molar-refractivity contribution in [2.24, 2.45) is 5.92 Å². The monoisotopic (exact) mass is 349 g/mol. The van der Waals surface area contributed by atoms with Crippen molar-refractivity contribution in [3.8, 4) is 0 Å². The first kappa shape index (κ1) is 21.8. The lowest BCUT2D eigenvalue weighted by atomic mass is 9.96. The van der Waals surface area contributed by atoms with Gasteiger partial charge in [-0.2, -0.15) is 0 Å². The lowest BCUT2D eigenvalue weighted by molar-refractivity contribution is -0.159. The smallest absolute Gasteiger partial charge is 0.329 e. The minimum absolute atomic E-state index is 0.176. The molecular weight excluding hydrogens is 326 g/mol. The molecule has 1 amide bonds. The van der Waals surface area contributed by atoms with Crippen LogP contribution in [0.2, 0.25) is 0 Å². The van der Waals surface area contributed by atoms with Crippen LogP contribution < -0.4 is 5.32 Å². The molecule has 0 bridgehead atoms. The van der Waals surface area contributed by atoms with Gasteiger partial charge in [0.2, 0.25) is 5.91 Å². The van der Waals surface area contributed by atoms with E-state index in [9.17, 15) is 19.2 Å². The van der Waals surface area contributed by atoms with E-state index in [1.54, 1.807) is 0 Å². The third-order valence-corrected chi connectivity index (χ3v) is 2.96. The molecule has 0 rings (SSSR count). The van der Waals surface area contributed by atoms with Crippen molar-refractivity contribution in [1.82, 2.24) is 5.32 Å². The Labute approximate surface area is 139 Å². The van der Waals surface area contributed by atoms with Gasteiger partial charge in [0, 0.05) is 7.11 Å². The summed E-state index contributed by atoms with van der Waals surface area (Å²) in [5.41, 5.74) is 0. The third kappa shape index (κ3) is 7.88. The molecule has 0 aromatic heterocycles. The summed E-state index contributed by atoms with van der Waals surface area (Å²) in [5, 5.41) is 2.30. The van der Waals surface area contributed by atoms with Crippen molar-refractivity contribution >= 4 is 23.8 Å². The average molecular weight is 349 g/mol. The van der Waals surface area contributed by atoms with Gasteiger partial charge in [-0.15, -0.1) is 0 Å². The number of hydrogen-bond acceptors (Lipinski definition) is 9. The molecule has 0 aromatic carbocycles. The largest absolute Gasteiger partial charge is 0.469 e. The zero-order valence-electron chi connectivity index (χ0n) is 14.2. The number of amides is 1. The topological polar surface area (TPSA) is 126 Å². The first-order valence-electron chi connectivity index (χ1n) is 6.99. The SMILES string of the molecule is COCCOCC(=O)N[C@@H](C(=O)OC)[C@@H](CC(=O)OC)C(=O)OC. The summed E-state index contributed by atoms with van der Waals surface area (Å²) in [7, 11) is 4.79. The van der Waals surface area contributed by atoms with Crippen LogP contribution in [0.25, 0.3) is 0 Å². The Morgan fingerprint density at radius 3 is 2.00 bits per heavy atom. The fraction of sp³-hybridized carbons (Fsp3) is 0.714. The molecule has 10 nitrogen and oxygen atoms in total. The molecular formula is C14H23NO9. The van der Waals surface area contributed by atoms with Gasteiger partial charge in [-0.3, -0.25) is 14.4 Å². The predicted octanol–water partition coefficient (Wildman–Crippen LogP) is -1.34. The second kappa shape index (κ2) is 12.3. The third-order valence-electron chi connectivity index (χ3n) is 2.96. The van der Waals surface area contributed by atoms with E-state index in [-0.39, 0.29) is 13.2 Å². The normalized spacial score (nSPS) is 12.7. The number of carbonyl (C=O) groups excluding carboxylic acids is 4. The van der Waals surface area contributed by atoms with E-state index in [1.165, 1.54) is 7.11 Å². The molecule has 0 radical (unpaired) electrons. The van der Waals surface area contributed by atoms with Crippen molar-refractivity contribution in [2.45, 2.75) is 12.5 Å². The van der Waals surface area contributed by atoms with Crippen molar-refractivity contribution < 1.29 is 42.9 Å². The molecule has 24 heavy (non-hydrogen) atoms. The molecule has 0 fully saturated rings. The average Bonchev–Trinajstić information content (AvgIpc) is 2.59. The van der Waals surface area contributed by atoms with Crippen LogP contribution in [-0.2, 0) is 42.9 Å². The van der Waals surface area contributed by atoms with Crippen LogP contribution in [-0.4, -0.2) is 78.1 Å². The van der Waals surface area contributed by atoms with Gasteiger partial charge < -0.3 is 29.0 Å². The fourth-order valence-electron chi connectivity index (χ4n) is 1.72. The fourth-order valence-corrected chi connectivity index (χ4v) is 1.72. The molecule has 2 atom stereocenters. The summed E-state index contributed by atoms with van der Waals surface area (Å²) >= 11 is 0. The van der Waals surface area contributed by atoms with Crippen molar-refractivity contribution in [2.75, 3.05) is 48.3 Å². The van der Waals surface area contributed by atoms with E-state index < -0.39 is 42.2 Å². The summed E-state index contributed by atoms with van der Waals surface area (Å²) in [4.78, 5) is 47.1. The van der Waals surface area contributed by atoms with Crippen molar-refractivity contribution in [3.63, 3.8) is 0 Å². The first-order valence-corrected chi connectivity index (χ1v) is 6.99. The molecule has 0 heterocycles. The molecule has 0 saturated heterocycles. The number of methoxy groups -OCH3 is 4. The van der Waals surface area contributed by atoms with Crippen molar-refractivity contribution in [1.29, 1.82) is 0 Å².